The number of Topliss-reactive ketones (excluding diaryl/α,β-unsaturated/α-hetero) is 1. The van der Waals surface area contributed by atoms with E-state index in [1.165, 1.54) is 24.3 Å². The lowest BCUT2D eigenvalue weighted by Crippen LogP contribution is -2.65. The van der Waals surface area contributed by atoms with Crippen LogP contribution in [0.25, 0.3) is 0 Å². The Balaban J connectivity index is 1.27. The fourth-order valence-corrected chi connectivity index (χ4v) is 11.6. The van der Waals surface area contributed by atoms with Crippen molar-refractivity contribution in [1.82, 2.24) is 0 Å². The van der Waals surface area contributed by atoms with Crippen LogP contribution in [0.1, 0.15) is 103 Å². The van der Waals surface area contributed by atoms with Crippen molar-refractivity contribution >= 4 is 17.7 Å². The van der Waals surface area contributed by atoms with Gasteiger partial charge in [-0.05, 0) is 108 Å². The predicted molar refractivity (Wildman–Crippen MR) is 212 cm³/mol. The number of esters is 2. The molecule has 58 heavy (non-hydrogen) atoms. The standard InChI is InChI=1S/C48H50O10/c49-25-28-13-32(18-36(51)15-28)29-8-9-30-23-46(54)57-44-24-43(53)33(21-37(30)44)22-45-48(56)40-7-2-1-6-31(40)20-38-39(42(52)11-10-41(38)48)16-27-5-3-4-26(12-27)14-35(50)19-34(17-29)47(55)58-45/h3-5,12-13,15,18-19,21,24,29-31,35,38-41,45,49-51,53,56H,1-2,6-7,10-11,14,16-17,20,22-23,25H2/b34-19-/t29-,30+,31-,35+,38+,39-,40+,41+,45+,48-/m0/s1. The summed E-state index contributed by atoms with van der Waals surface area (Å²) < 4.78 is 12.3. The van der Waals surface area contributed by atoms with Crippen molar-refractivity contribution in [3.05, 3.63) is 99.6 Å². The summed E-state index contributed by atoms with van der Waals surface area (Å²) in [6.45, 7) is -0.352. The van der Waals surface area contributed by atoms with Crippen molar-refractivity contribution in [1.29, 1.82) is 0 Å². The highest BCUT2D eigenvalue weighted by molar-refractivity contribution is 5.89. The minimum atomic E-state index is -1.57. The van der Waals surface area contributed by atoms with E-state index in [0.717, 1.165) is 43.2 Å². The number of aliphatic hydroxyl groups is 3. The zero-order valence-electron chi connectivity index (χ0n) is 32.4. The van der Waals surface area contributed by atoms with Crippen LogP contribution in [-0.2, 0) is 45.0 Å². The molecule has 6 aliphatic rings. The Bertz CT molecular complexity index is 2250. The molecular weight excluding hydrogens is 737 g/mol. The summed E-state index contributed by atoms with van der Waals surface area (Å²) in [7, 11) is 0. The predicted octanol–water partition coefficient (Wildman–Crippen LogP) is 5.87. The monoisotopic (exact) mass is 786 g/mol. The fourth-order valence-electron chi connectivity index (χ4n) is 11.6. The molecule has 3 aromatic carbocycles. The summed E-state index contributed by atoms with van der Waals surface area (Å²) in [5.41, 5.74) is 2.30. The molecule has 0 unspecified atom stereocenters. The summed E-state index contributed by atoms with van der Waals surface area (Å²) in [5.74, 6) is 2.94. The summed E-state index contributed by atoms with van der Waals surface area (Å²) >= 11 is 0. The number of phenolic OH excluding ortho intramolecular Hbond substituents is 2. The Morgan fingerprint density at radius 1 is 0.828 bits per heavy atom. The van der Waals surface area contributed by atoms with Crippen LogP contribution in [0.15, 0.2) is 66.2 Å². The summed E-state index contributed by atoms with van der Waals surface area (Å²) in [4.78, 5) is 41.9. The molecule has 10 nitrogen and oxygen atoms in total. The van der Waals surface area contributed by atoms with Gasteiger partial charge in [0.2, 0.25) is 0 Å². The minimum absolute atomic E-state index is 0.0487. The van der Waals surface area contributed by atoms with Crippen molar-refractivity contribution in [3.63, 3.8) is 0 Å². The SMILES string of the molecule is O=C1C[C@H]2C#C[C@H](c3cc(O)cc(CO)c3)C/C3=C/[C@H](O)Cc4cccc(c4)C[C@@H]4C(=O)CC[C@@H]5[C@@H]4C[C@@H]4CCCC[C@H]4[C@@]5(O)[C@@H](Cc4cc2c(cc4O)O1)OC3=O. The highest BCUT2D eigenvalue weighted by Crippen LogP contribution is 2.58. The first-order valence-electron chi connectivity index (χ1n) is 20.9. The Morgan fingerprint density at radius 3 is 2.45 bits per heavy atom. The third kappa shape index (κ3) is 7.12. The topological polar surface area (TPSA) is 171 Å². The lowest BCUT2D eigenvalue weighted by atomic mass is 9.48. The number of hydrogen-bond donors (Lipinski definition) is 5. The smallest absolute Gasteiger partial charge is 0.334 e. The highest BCUT2D eigenvalue weighted by atomic mass is 16.6. The number of carbonyl (C=O) groups is 3. The molecule has 0 saturated heterocycles. The molecule has 3 aromatic rings. The molecule has 3 heterocycles. The lowest BCUT2D eigenvalue weighted by Gasteiger charge is -2.59. The molecule has 0 amide bonds. The van der Waals surface area contributed by atoms with Crippen LogP contribution in [-0.4, -0.2) is 61.1 Å². The second-order valence-electron chi connectivity index (χ2n) is 17.6. The number of ketones is 1. The second kappa shape index (κ2) is 15.3. The number of hydrogen-bond acceptors (Lipinski definition) is 10. The first-order chi connectivity index (χ1) is 28.0. The molecule has 10 bridgehead atoms. The van der Waals surface area contributed by atoms with E-state index in [1.807, 2.05) is 24.3 Å². The van der Waals surface area contributed by atoms with Gasteiger partial charge in [0.1, 0.15) is 34.7 Å². The van der Waals surface area contributed by atoms with Crippen LogP contribution in [0.4, 0.5) is 0 Å². The molecular formula is C48H50O10. The number of carbonyl (C=O) groups excluding carboxylic acids is 3. The molecule has 0 aromatic heterocycles. The van der Waals surface area contributed by atoms with Gasteiger partial charge in [-0.1, -0.05) is 61.4 Å². The van der Waals surface area contributed by atoms with Gasteiger partial charge in [-0.25, -0.2) is 4.79 Å². The summed E-state index contributed by atoms with van der Waals surface area (Å²) in [5, 5.41) is 57.8. The van der Waals surface area contributed by atoms with Gasteiger partial charge in [-0.3, -0.25) is 9.59 Å². The van der Waals surface area contributed by atoms with Crippen LogP contribution < -0.4 is 4.74 Å². The van der Waals surface area contributed by atoms with E-state index in [4.69, 9.17) is 9.47 Å². The zero-order valence-corrected chi connectivity index (χ0v) is 32.4. The Hall–Kier alpha value is -4.95. The van der Waals surface area contributed by atoms with Crippen molar-refractivity contribution < 1.29 is 49.4 Å². The second-order valence-corrected chi connectivity index (χ2v) is 17.6. The summed E-state index contributed by atoms with van der Waals surface area (Å²) in [6.07, 6.45) is 4.78. The van der Waals surface area contributed by atoms with E-state index >= 15 is 4.79 Å². The van der Waals surface area contributed by atoms with Gasteiger partial charge < -0.3 is 35.0 Å². The molecule has 10 atom stereocenters. The maximum atomic E-state index is 15.0. The summed E-state index contributed by atoms with van der Waals surface area (Å²) in [6, 6.07) is 15.7. The number of rotatable bonds is 2. The normalized spacial score (nSPS) is 34.1. The van der Waals surface area contributed by atoms with E-state index in [-0.39, 0.29) is 90.5 Å². The maximum Gasteiger partial charge on any atom is 0.334 e. The van der Waals surface area contributed by atoms with Crippen LogP contribution in [0, 0.1) is 41.4 Å². The number of aromatic hydroxyl groups is 2. The third-order valence-electron chi connectivity index (χ3n) is 14.2. The van der Waals surface area contributed by atoms with E-state index in [0.29, 0.717) is 41.5 Å². The zero-order chi connectivity index (χ0) is 40.3. The van der Waals surface area contributed by atoms with Gasteiger partial charge in [0.25, 0.3) is 0 Å². The number of benzene rings is 3. The van der Waals surface area contributed by atoms with Gasteiger partial charge >= 0.3 is 11.9 Å². The first-order valence-corrected chi connectivity index (χ1v) is 20.9. The van der Waals surface area contributed by atoms with Gasteiger partial charge in [0.15, 0.2) is 0 Å². The van der Waals surface area contributed by atoms with Gasteiger partial charge in [0, 0.05) is 48.3 Å². The van der Waals surface area contributed by atoms with Crippen LogP contribution in [0.3, 0.4) is 0 Å². The minimum Gasteiger partial charge on any atom is -0.508 e. The molecule has 3 aliphatic heterocycles. The number of fused-ring (bicyclic) bond motifs is 9. The maximum absolute atomic E-state index is 15.0. The average Bonchev–Trinajstić information content (AvgIpc) is 3.20. The fraction of sp³-hybridized carbons (Fsp3) is 0.479. The number of aliphatic hydroxyl groups excluding tert-OH is 2. The van der Waals surface area contributed by atoms with Gasteiger partial charge in [0.05, 0.1) is 25.0 Å². The van der Waals surface area contributed by atoms with Gasteiger partial charge in [-0.2, -0.15) is 0 Å². The third-order valence-corrected chi connectivity index (χ3v) is 14.2. The molecule has 5 N–H and O–H groups in total. The Morgan fingerprint density at radius 2 is 1.62 bits per heavy atom. The van der Waals surface area contributed by atoms with E-state index in [1.54, 1.807) is 12.1 Å². The molecule has 3 saturated carbocycles. The largest absolute Gasteiger partial charge is 0.508 e. The van der Waals surface area contributed by atoms with Crippen molar-refractivity contribution in [2.75, 3.05) is 0 Å². The highest BCUT2D eigenvalue weighted by Gasteiger charge is 2.62. The molecule has 3 aliphatic carbocycles. The van der Waals surface area contributed by atoms with Crippen LogP contribution >= 0.6 is 0 Å². The average molecular weight is 787 g/mol. The van der Waals surface area contributed by atoms with Crippen LogP contribution in [0.2, 0.25) is 0 Å². The van der Waals surface area contributed by atoms with Crippen LogP contribution in [0.5, 0.6) is 17.2 Å². The molecule has 0 spiro atoms. The molecule has 9 rings (SSSR count). The molecule has 10 heteroatoms. The Labute approximate surface area is 337 Å². The van der Waals surface area contributed by atoms with E-state index in [2.05, 4.69) is 11.8 Å². The lowest BCUT2D eigenvalue weighted by molar-refractivity contribution is -0.228. The molecule has 0 radical (unpaired) electrons. The van der Waals surface area contributed by atoms with E-state index in [9.17, 15) is 35.1 Å². The van der Waals surface area contributed by atoms with Crippen molar-refractivity contribution in [2.24, 2.45) is 29.6 Å². The number of phenols is 2. The van der Waals surface area contributed by atoms with Gasteiger partial charge in [-0.15, -0.1) is 0 Å². The first kappa shape index (κ1) is 38.6. The molecule has 3 fully saturated rings. The quantitative estimate of drug-likeness (QED) is 0.120. The molecule has 302 valence electrons. The van der Waals surface area contributed by atoms with Crippen molar-refractivity contribution in [2.45, 2.75) is 113 Å². The Kier molecular flexibility index (Phi) is 10.2. The van der Waals surface area contributed by atoms with E-state index < -0.39 is 41.6 Å². The van der Waals surface area contributed by atoms with Crippen molar-refractivity contribution in [3.8, 4) is 29.1 Å². The number of ether oxygens (including phenoxy) is 2.